The minimum absolute atomic E-state index is 0. The van der Waals surface area contributed by atoms with E-state index in [4.69, 9.17) is 4.74 Å². The van der Waals surface area contributed by atoms with Crippen LogP contribution in [0.15, 0.2) is 30.3 Å². The second kappa shape index (κ2) is 8.61. The molecule has 0 bridgehead atoms. The van der Waals surface area contributed by atoms with Gasteiger partial charge >= 0.3 is 0 Å². The van der Waals surface area contributed by atoms with E-state index >= 15 is 0 Å². The van der Waals surface area contributed by atoms with Gasteiger partial charge in [0.15, 0.2) is 0 Å². The number of benzene rings is 1. The van der Waals surface area contributed by atoms with E-state index in [1.54, 1.807) is 19.1 Å². The first-order valence-corrected chi connectivity index (χ1v) is 6.65. The van der Waals surface area contributed by atoms with Crippen LogP contribution in [0, 0.1) is 0 Å². The Morgan fingerprint density at radius 3 is 2.67 bits per heavy atom. The van der Waals surface area contributed by atoms with Crippen LogP contribution in [0.4, 0.5) is 5.69 Å². The summed E-state index contributed by atoms with van der Waals surface area (Å²) in [7, 11) is 0. The fraction of sp³-hybridized carbons (Fsp3) is 0.429. The second-order valence-corrected chi connectivity index (χ2v) is 4.65. The molecule has 21 heavy (non-hydrogen) atoms. The van der Waals surface area contributed by atoms with Crippen molar-refractivity contribution in [2.24, 2.45) is 0 Å². The number of nitrogens with one attached hydrogen (secondary N) is 3. The Bertz CT molecular complexity index is 464. The number of hydrogen-bond donors (Lipinski definition) is 3. The highest BCUT2D eigenvalue weighted by Crippen LogP contribution is 2.05. The fourth-order valence-electron chi connectivity index (χ4n) is 1.88. The summed E-state index contributed by atoms with van der Waals surface area (Å²) >= 11 is 0. The third-order valence-corrected chi connectivity index (χ3v) is 3.01. The average Bonchev–Trinajstić information content (AvgIpc) is 2.49. The van der Waals surface area contributed by atoms with Gasteiger partial charge in [-0.2, -0.15) is 0 Å². The van der Waals surface area contributed by atoms with Crippen molar-refractivity contribution in [3.63, 3.8) is 0 Å². The van der Waals surface area contributed by atoms with Gasteiger partial charge in [0.2, 0.25) is 5.91 Å². The molecule has 0 aliphatic carbocycles. The van der Waals surface area contributed by atoms with Crippen molar-refractivity contribution in [2.75, 3.05) is 25.0 Å². The lowest BCUT2D eigenvalue weighted by Crippen LogP contribution is -2.52. The molecule has 0 spiro atoms. The normalized spacial score (nSPS) is 19.0. The molecule has 2 amide bonds. The summed E-state index contributed by atoms with van der Waals surface area (Å²) in [4.78, 5) is 23.9. The van der Waals surface area contributed by atoms with Gasteiger partial charge in [-0.15, -0.1) is 12.4 Å². The Morgan fingerprint density at radius 1 is 1.33 bits per heavy atom. The summed E-state index contributed by atoms with van der Waals surface area (Å²) in [6.07, 6.45) is -0.532. The number of ether oxygens (including phenoxy) is 1. The van der Waals surface area contributed by atoms with Crippen molar-refractivity contribution in [3.8, 4) is 0 Å². The first-order valence-electron chi connectivity index (χ1n) is 6.65. The molecule has 1 fully saturated rings. The van der Waals surface area contributed by atoms with E-state index in [0.717, 1.165) is 6.54 Å². The van der Waals surface area contributed by atoms with Crippen LogP contribution in [0.1, 0.15) is 6.92 Å². The molecule has 2 unspecified atom stereocenters. The van der Waals surface area contributed by atoms with Crippen molar-refractivity contribution in [2.45, 2.75) is 19.1 Å². The standard InChI is InChI=1S/C14H19N3O3.ClH/c1-10(13(18)17-11-5-3-2-4-6-11)16-14(19)12-9-15-7-8-20-12;/h2-6,10,12,15H,7-9H2,1H3,(H,16,19)(H,17,18);1H. The molecule has 1 aromatic carbocycles. The van der Waals surface area contributed by atoms with Gasteiger partial charge in [0.1, 0.15) is 12.1 Å². The molecule has 1 saturated heterocycles. The lowest BCUT2D eigenvalue weighted by molar-refractivity contribution is -0.136. The Balaban J connectivity index is 0.00000220. The summed E-state index contributed by atoms with van der Waals surface area (Å²) in [6, 6.07) is 8.50. The second-order valence-electron chi connectivity index (χ2n) is 4.65. The molecule has 0 radical (unpaired) electrons. The van der Waals surface area contributed by atoms with Crippen LogP contribution in [0.2, 0.25) is 0 Å². The van der Waals surface area contributed by atoms with Crippen molar-refractivity contribution in [3.05, 3.63) is 30.3 Å². The zero-order chi connectivity index (χ0) is 14.4. The number of morpholine rings is 1. The van der Waals surface area contributed by atoms with E-state index in [9.17, 15) is 9.59 Å². The highest BCUT2D eigenvalue weighted by atomic mass is 35.5. The van der Waals surface area contributed by atoms with Gasteiger partial charge in [0, 0.05) is 18.8 Å². The molecule has 116 valence electrons. The van der Waals surface area contributed by atoms with Crippen LogP contribution in [0.3, 0.4) is 0 Å². The van der Waals surface area contributed by atoms with Crippen LogP contribution in [-0.2, 0) is 14.3 Å². The number of hydrogen-bond acceptors (Lipinski definition) is 4. The number of amides is 2. The zero-order valence-electron chi connectivity index (χ0n) is 11.8. The summed E-state index contributed by atoms with van der Waals surface area (Å²) in [5.74, 6) is -0.527. The number of anilines is 1. The van der Waals surface area contributed by atoms with Crippen molar-refractivity contribution in [1.82, 2.24) is 10.6 Å². The highest BCUT2D eigenvalue weighted by molar-refractivity contribution is 5.97. The maximum atomic E-state index is 11.9. The SMILES string of the molecule is CC(NC(=O)C1CNCCO1)C(=O)Nc1ccccc1.Cl. The first-order chi connectivity index (χ1) is 9.66. The molecule has 6 nitrogen and oxygen atoms in total. The zero-order valence-corrected chi connectivity index (χ0v) is 12.6. The first kappa shape index (κ1) is 17.4. The lowest BCUT2D eigenvalue weighted by atomic mass is 10.2. The molecule has 1 heterocycles. The minimum Gasteiger partial charge on any atom is -0.366 e. The molecule has 2 atom stereocenters. The predicted molar refractivity (Wildman–Crippen MR) is 82.5 cm³/mol. The van der Waals surface area contributed by atoms with Gasteiger partial charge in [-0.25, -0.2) is 0 Å². The Morgan fingerprint density at radius 2 is 2.05 bits per heavy atom. The van der Waals surface area contributed by atoms with Crippen LogP contribution in [-0.4, -0.2) is 43.7 Å². The van der Waals surface area contributed by atoms with E-state index in [1.165, 1.54) is 0 Å². The molecule has 0 saturated carbocycles. The van der Waals surface area contributed by atoms with Crippen molar-refractivity contribution in [1.29, 1.82) is 0 Å². The topological polar surface area (TPSA) is 79.5 Å². The van der Waals surface area contributed by atoms with Crippen LogP contribution < -0.4 is 16.0 Å². The van der Waals surface area contributed by atoms with Gasteiger partial charge < -0.3 is 20.7 Å². The molecule has 0 aromatic heterocycles. The minimum atomic E-state index is -0.617. The third kappa shape index (κ3) is 5.34. The smallest absolute Gasteiger partial charge is 0.251 e. The number of halogens is 1. The van der Waals surface area contributed by atoms with Crippen LogP contribution >= 0.6 is 12.4 Å². The Hall–Kier alpha value is -1.63. The van der Waals surface area contributed by atoms with Crippen molar-refractivity contribution >= 4 is 29.9 Å². The van der Waals surface area contributed by atoms with Gasteiger partial charge in [0.05, 0.1) is 6.61 Å². The van der Waals surface area contributed by atoms with E-state index in [1.807, 2.05) is 18.2 Å². The number of para-hydroxylation sites is 1. The Kier molecular flexibility index (Phi) is 7.14. The fourth-order valence-corrected chi connectivity index (χ4v) is 1.88. The molecule has 1 aromatic rings. The van der Waals surface area contributed by atoms with E-state index in [2.05, 4.69) is 16.0 Å². The van der Waals surface area contributed by atoms with Gasteiger partial charge in [-0.05, 0) is 19.1 Å². The third-order valence-electron chi connectivity index (χ3n) is 3.01. The molecule has 1 aliphatic rings. The average molecular weight is 314 g/mol. The quantitative estimate of drug-likeness (QED) is 0.758. The number of carbonyl (C=O) groups is 2. The van der Waals surface area contributed by atoms with Gasteiger partial charge in [-0.3, -0.25) is 9.59 Å². The maximum Gasteiger partial charge on any atom is 0.251 e. The van der Waals surface area contributed by atoms with Crippen LogP contribution in [0.25, 0.3) is 0 Å². The molecule has 3 N–H and O–H groups in total. The lowest BCUT2D eigenvalue weighted by Gasteiger charge is -2.24. The molecule has 1 aliphatic heterocycles. The number of carbonyl (C=O) groups excluding carboxylic acids is 2. The molecule has 2 rings (SSSR count). The highest BCUT2D eigenvalue weighted by Gasteiger charge is 2.24. The summed E-state index contributed by atoms with van der Waals surface area (Å²) in [5.41, 5.74) is 0.703. The summed E-state index contributed by atoms with van der Waals surface area (Å²) in [5, 5.41) is 8.47. The maximum absolute atomic E-state index is 11.9. The molecular weight excluding hydrogens is 294 g/mol. The van der Waals surface area contributed by atoms with Crippen molar-refractivity contribution < 1.29 is 14.3 Å². The molecule has 7 heteroatoms. The summed E-state index contributed by atoms with van der Waals surface area (Å²) in [6.45, 7) is 3.36. The largest absolute Gasteiger partial charge is 0.366 e. The van der Waals surface area contributed by atoms with Gasteiger partial charge in [0.25, 0.3) is 5.91 Å². The van der Waals surface area contributed by atoms with E-state index in [0.29, 0.717) is 18.8 Å². The monoisotopic (exact) mass is 313 g/mol. The van der Waals surface area contributed by atoms with Gasteiger partial charge in [-0.1, -0.05) is 18.2 Å². The van der Waals surface area contributed by atoms with E-state index in [-0.39, 0.29) is 24.2 Å². The predicted octanol–water partition coefficient (Wildman–Crippen LogP) is 0.540. The Labute approximate surface area is 130 Å². The van der Waals surface area contributed by atoms with E-state index < -0.39 is 12.1 Å². The summed E-state index contributed by atoms with van der Waals surface area (Å²) < 4.78 is 5.33. The number of rotatable bonds is 4. The van der Waals surface area contributed by atoms with Crippen LogP contribution in [0.5, 0.6) is 0 Å². The molecular formula is C14H20ClN3O3.